The van der Waals surface area contributed by atoms with Crippen LogP contribution >= 0.6 is 0 Å². The van der Waals surface area contributed by atoms with Crippen LogP contribution in [-0.2, 0) is 10.8 Å². The summed E-state index contributed by atoms with van der Waals surface area (Å²) in [6.45, 7) is 21.8. The van der Waals surface area contributed by atoms with Crippen molar-refractivity contribution in [2.75, 3.05) is 9.80 Å². The number of para-hydroxylation sites is 2. The van der Waals surface area contributed by atoms with Crippen LogP contribution in [0, 0.1) is 17.9 Å². The first-order valence-electron chi connectivity index (χ1n) is 32.4. The van der Waals surface area contributed by atoms with Gasteiger partial charge in [0.15, 0.2) is 5.69 Å². The standard InChI is InChI=1S/C88H66BN5/c1-87(2,3)66-50-72(58-27-12-8-13-28-58)85(73(51-66)59-29-14-9-15-30-59)93-80-44-42-64(62-35-24-26-57(46-62)56-90)48-76(80)89-77-49-65(63-36-25-37-68(47-63)91-7)43-45-81(77)94(83-55-69(54-82(93)84(83)89)92-78-40-22-20-38-70(78)71-39-21-23-41-79(71)92)86-74(60-31-16-10-17-32-60)52-67(88(4,5)6)53-75(86)61-33-18-11-19-34-61/h8-55H,1-6H3. The molecule has 0 bridgehead atoms. The molecule has 16 rings (SSSR count). The van der Waals surface area contributed by atoms with E-state index in [9.17, 15) is 5.26 Å². The number of rotatable bonds is 9. The van der Waals surface area contributed by atoms with Gasteiger partial charge in [-0.3, -0.25) is 0 Å². The average Bonchev–Trinajstić information content (AvgIpc) is 0.751. The van der Waals surface area contributed by atoms with E-state index in [1.807, 2.05) is 36.4 Å². The minimum atomic E-state index is -0.360. The molecule has 3 heterocycles. The number of benzene rings is 13. The van der Waals surface area contributed by atoms with Crippen LogP contribution in [0.1, 0.15) is 58.2 Å². The molecule has 0 atom stereocenters. The van der Waals surface area contributed by atoms with Gasteiger partial charge >= 0.3 is 0 Å². The maximum Gasteiger partial charge on any atom is 0.252 e. The normalized spacial score (nSPS) is 12.5. The molecule has 0 N–H and O–H groups in total. The van der Waals surface area contributed by atoms with Gasteiger partial charge in [0.1, 0.15) is 0 Å². The van der Waals surface area contributed by atoms with Crippen molar-refractivity contribution in [3.8, 4) is 78.5 Å². The van der Waals surface area contributed by atoms with E-state index >= 15 is 0 Å². The van der Waals surface area contributed by atoms with Crippen molar-refractivity contribution in [2.45, 2.75) is 52.4 Å². The second-order valence-electron chi connectivity index (χ2n) is 27.1. The quantitative estimate of drug-likeness (QED) is 0.107. The van der Waals surface area contributed by atoms with E-state index < -0.39 is 0 Å². The summed E-state index contributed by atoms with van der Waals surface area (Å²) in [5.41, 5.74) is 29.1. The summed E-state index contributed by atoms with van der Waals surface area (Å²) in [6, 6.07) is 109. The maximum absolute atomic E-state index is 10.4. The second kappa shape index (κ2) is 22.6. The molecule has 5 nitrogen and oxygen atoms in total. The van der Waals surface area contributed by atoms with Crippen molar-refractivity contribution in [3.63, 3.8) is 0 Å². The fraction of sp³-hybridized carbons (Fsp3) is 0.0909. The monoisotopic (exact) mass is 1200 g/mol. The van der Waals surface area contributed by atoms with Crippen LogP contribution in [0.25, 0.3) is 99.1 Å². The van der Waals surface area contributed by atoms with Gasteiger partial charge in [-0.1, -0.05) is 254 Å². The Hall–Kier alpha value is -11.7. The Morgan fingerprint density at radius 3 is 1.14 bits per heavy atom. The number of nitriles is 1. The lowest BCUT2D eigenvalue weighted by Crippen LogP contribution is -2.61. The van der Waals surface area contributed by atoms with Crippen molar-refractivity contribution >= 4 is 84.7 Å². The highest BCUT2D eigenvalue weighted by Crippen LogP contribution is 2.55. The summed E-state index contributed by atoms with van der Waals surface area (Å²) < 4.78 is 2.49. The Bertz CT molecular complexity index is 4970. The van der Waals surface area contributed by atoms with Gasteiger partial charge in [-0.15, -0.1) is 0 Å². The fourth-order valence-corrected chi connectivity index (χ4v) is 14.7. The molecule has 0 amide bonds. The summed E-state index contributed by atoms with van der Waals surface area (Å²) in [5.74, 6) is 0. The lowest BCUT2D eigenvalue weighted by Gasteiger charge is -2.46. The van der Waals surface area contributed by atoms with Gasteiger partial charge in [0, 0.05) is 55.8 Å². The van der Waals surface area contributed by atoms with E-state index in [2.05, 4.69) is 322 Å². The van der Waals surface area contributed by atoms with Crippen molar-refractivity contribution < 1.29 is 0 Å². The highest BCUT2D eigenvalue weighted by molar-refractivity contribution is 7.00. The van der Waals surface area contributed by atoms with Crippen LogP contribution in [0.3, 0.4) is 0 Å². The van der Waals surface area contributed by atoms with E-state index in [0.717, 1.165) is 134 Å². The average molecular weight is 1200 g/mol. The number of nitrogens with zero attached hydrogens (tertiary/aromatic N) is 5. The van der Waals surface area contributed by atoms with Gasteiger partial charge in [-0.2, -0.15) is 5.26 Å². The predicted octanol–water partition coefficient (Wildman–Crippen LogP) is 21.9. The van der Waals surface area contributed by atoms with Gasteiger partial charge in [-0.05, 0) is 162 Å². The largest absolute Gasteiger partial charge is 0.310 e. The van der Waals surface area contributed by atoms with Crippen molar-refractivity contribution in [1.29, 1.82) is 5.26 Å². The third-order valence-corrected chi connectivity index (χ3v) is 19.3. The highest BCUT2D eigenvalue weighted by atomic mass is 15.2. The zero-order valence-corrected chi connectivity index (χ0v) is 53.5. The lowest BCUT2D eigenvalue weighted by molar-refractivity contribution is 0.590. The summed E-state index contributed by atoms with van der Waals surface area (Å²) >= 11 is 0. The summed E-state index contributed by atoms with van der Waals surface area (Å²) in [5, 5.41) is 12.8. The van der Waals surface area contributed by atoms with Gasteiger partial charge in [0.25, 0.3) is 6.71 Å². The Kier molecular flexibility index (Phi) is 13.8. The minimum Gasteiger partial charge on any atom is -0.310 e. The zero-order chi connectivity index (χ0) is 64.0. The first-order chi connectivity index (χ1) is 45.8. The fourth-order valence-electron chi connectivity index (χ4n) is 14.7. The van der Waals surface area contributed by atoms with Gasteiger partial charge in [-0.25, -0.2) is 4.85 Å². The van der Waals surface area contributed by atoms with Crippen LogP contribution in [0.5, 0.6) is 0 Å². The van der Waals surface area contributed by atoms with Crippen molar-refractivity contribution in [2.24, 2.45) is 0 Å². The molecule has 0 radical (unpaired) electrons. The molecule has 0 unspecified atom stereocenters. The van der Waals surface area contributed by atoms with Crippen LogP contribution < -0.4 is 26.2 Å². The molecule has 6 heteroatoms. The van der Waals surface area contributed by atoms with Crippen LogP contribution in [0.15, 0.2) is 291 Å². The first kappa shape index (κ1) is 57.5. The van der Waals surface area contributed by atoms with Crippen LogP contribution in [-0.4, -0.2) is 11.3 Å². The molecule has 0 saturated carbocycles. The first-order valence-corrected chi connectivity index (χ1v) is 32.4. The molecule has 2 aliphatic heterocycles. The molecule has 1 aromatic heterocycles. The topological polar surface area (TPSA) is 39.6 Å². The molecule has 446 valence electrons. The smallest absolute Gasteiger partial charge is 0.252 e. The third-order valence-electron chi connectivity index (χ3n) is 19.3. The van der Waals surface area contributed by atoms with Gasteiger partial charge in [0.05, 0.1) is 46.3 Å². The molecule has 0 aliphatic carbocycles. The number of fused-ring (bicyclic) bond motifs is 7. The molecule has 94 heavy (non-hydrogen) atoms. The number of anilines is 6. The Balaban J connectivity index is 1.14. The summed E-state index contributed by atoms with van der Waals surface area (Å²) in [4.78, 5) is 9.20. The molecule has 0 fully saturated rings. The minimum absolute atomic E-state index is 0.217. The Labute approximate surface area is 551 Å². The molecular formula is C88H66BN5. The molecule has 0 saturated heterocycles. The van der Waals surface area contributed by atoms with E-state index in [-0.39, 0.29) is 17.5 Å². The summed E-state index contributed by atoms with van der Waals surface area (Å²) in [6.07, 6.45) is 0. The Morgan fingerprint density at radius 2 is 0.734 bits per heavy atom. The SMILES string of the molecule is [C-]#[N+]c1cccc(-c2ccc3c(c2)B2c4cc(-c5cccc(C#N)c5)ccc4N(c4c(-c5ccccc5)cc(C(C)(C)C)cc4-c4ccccc4)c4cc(-n5c6ccccc6c6ccccc65)cc(c42)N3c2c(-c3ccccc3)cc(C(C)(C)C)cc2-c2ccccc2)c1. The Morgan fingerprint density at radius 1 is 0.362 bits per heavy atom. The zero-order valence-electron chi connectivity index (χ0n) is 53.5. The molecule has 2 aliphatic rings. The maximum atomic E-state index is 10.4. The highest BCUT2D eigenvalue weighted by Gasteiger charge is 2.46. The van der Waals surface area contributed by atoms with E-state index in [1.54, 1.807) is 0 Å². The summed E-state index contributed by atoms with van der Waals surface area (Å²) in [7, 11) is 0. The predicted molar refractivity (Wildman–Crippen MR) is 396 cm³/mol. The van der Waals surface area contributed by atoms with Crippen LogP contribution in [0.4, 0.5) is 39.8 Å². The molecular weight excluding hydrogens is 1140 g/mol. The number of aromatic nitrogens is 1. The van der Waals surface area contributed by atoms with Crippen molar-refractivity contribution in [3.05, 3.63) is 319 Å². The number of hydrogen-bond donors (Lipinski definition) is 0. The third kappa shape index (κ3) is 9.69. The van der Waals surface area contributed by atoms with Crippen molar-refractivity contribution in [1.82, 2.24) is 4.57 Å². The van der Waals surface area contributed by atoms with Gasteiger partial charge < -0.3 is 14.4 Å². The molecule has 0 spiro atoms. The van der Waals surface area contributed by atoms with Crippen LogP contribution in [0.2, 0.25) is 0 Å². The molecule has 14 aromatic rings. The van der Waals surface area contributed by atoms with E-state index in [1.165, 1.54) is 21.9 Å². The van der Waals surface area contributed by atoms with E-state index in [0.29, 0.717) is 11.3 Å². The van der Waals surface area contributed by atoms with E-state index in [4.69, 9.17) is 6.57 Å². The van der Waals surface area contributed by atoms with Gasteiger partial charge in [0.2, 0.25) is 0 Å². The lowest BCUT2D eigenvalue weighted by atomic mass is 9.33. The molecule has 13 aromatic carbocycles. The second-order valence-corrected chi connectivity index (χ2v) is 27.1. The number of hydrogen-bond acceptors (Lipinski definition) is 3.